The molecule has 4 rings (SSSR count). The summed E-state index contributed by atoms with van der Waals surface area (Å²) < 4.78 is 106. The standard InChI is InChI=1S/C30H22F7NO3/c1-40-26-15-20(9-12-25(26)33)29(17-18-5-3-2-4-6-18,38-27(39)19-7-10-22(31)11-8-19)21-13-23(32)16-24(14-21)41-30(36,37)28(34)35/h2-16,28H,17H2,1H3,(H,38,39)/t29-/m1/s1. The van der Waals surface area contributed by atoms with Gasteiger partial charge in [-0.15, -0.1) is 0 Å². The van der Waals surface area contributed by atoms with E-state index < -0.39 is 47.2 Å². The van der Waals surface area contributed by atoms with Gasteiger partial charge in [0.25, 0.3) is 5.91 Å². The maximum absolute atomic E-state index is 15.0. The number of alkyl halides is 4. The van der Waals surface area contributed by atoms with Gasteiger partial charge >= 0.3 is 12.5 Å². The molecule has 0 spiro atoms. The zero-order chi connectivity index (χ0) is 29.8. The fourth-order valence-corrected chi connectivity index (χ4v) is 4.32. The second-order valence-corrected chi connectivity index (χ2v) is 9.02. The summed E-state index contributed by atoms with van der Waals surface area (Å²) in [6.07, 6.45) is -9.34. The molecule has 0 saturated carbocycles. The van der Waals surface area contributed by atoms with E-state index in [4.69, 9.17) is 4.74 Å². The van der Waals surface area contributed by atoms with Crippen LogP contribution in [0.3, 0.4) is 0 Å². The summed E-state index contributed by atoms with van der Waals surface area (Å²) in [5, 5.41) is 2.76. The maximum atomic E-state index is 15.0. The van der Waals surface area contributed by atoms with Gasteiger partial charge < -0.3 is 14.8 Å². The van der Waals surface area contributed by atoms with E-state index >= 15 is 0 Å². The largest absolute Gasteiger partial charge is 0.494 e. The Hall–Kier alpha value is -4.54. The molecule has 214 valence electrons. The van der Waals surface area contributed by atoms with Crippen LogP contribution in [0.5, 0.6) is 11.5 Å². The first kappa shape index (κ1) is 29.4. The summed E-state index contributed by atoms with van der Waals surface area (Å²) in [5.74, 6) is -4.54. The Labute approximate surface area is 230 Å². The molecule has 0 aliphatic carbocycles. The molecule has 0 bridgehead atoms. The normalized spacial score (nSPS) is 13.0. The molecule has 4 aromatic rings. The number of carbonyl (C=O) groups is 1. The Morgan fingerprint density at radius 2 is 1.51 bits per heavy atom. The minimum atomic E-state index is -4.95. The average molecular weight is 577 g/mol. The van der Waals surface area contributed by atoms with E-state index in [1.165, 1.54) is 31.4 Å². The molecule has 1 amide bonds. The number of benzene rings is 4. The van der Waals surface area contributed by atoms with Crippen LogP contribution in [0.25, 0.3) is 0 Å². The molecule has 0 aliphatic heterocycles. The van der Waals surface area contributed by atoms with Crippen LogP contribution in [-0.4, -0.2) is 25.6 Å². The summed E-state index contributed by atoms with van der Waals surface area (Å²) >= 11 is 0. The first-order valence-corrected chi connectivity index (χ1v) is 12.1. The van der Waals surface area contributed by atoms with Crippen LogP contribution in [-0.2, 0) is 12.0 Å². The molecule has 4 nitrogen and oxygen atoms in total. The predicted octanol–water partition coefficient (Wildman–Crippen LogP) is 7.27. The molecule has 41 heavy (non-hydrogen) atoms. The number of nitrogens with one attached hydrogen (secondary N) is 1. The molecular weight excluding hydrogens is 555 g/mol. The monoisotopic (exact) mass is 577 g/mol. The van der Waals surface area contributed by atoms with Gasteiger partial charge in [0.05, 0.1) is 12.6 Å². The van der Waals surface area contributed by atoms with Crippen LogP contribution in [0, 0.1) is 17.5 Å². The Balaban J connectivity index is 1.98. The van der Waals surface area contributed by atoms with E-state index in [9.17, 15) is 35.5 Å². The van der Waals surface area contributed by atoms with Crippen LogP contribution in [0.4, 0.5) is 30.7 Å². The fourth-order valence-electron chi connectivity index (χ4n) is 4.32. The van der Waals surface area contributed by atoms with E-state index in [2.05, 4.69) is 10.1 Å². The van der Waals surface area contributed by atoms with Crippen molar-refractivity contribution >= 4 is 5.91 Å². The second-order valence-electron chi connectivity index (χ2n) is 9.02. The number of methoxy groups -OCH3 is 1. The van der Waals surface area contributed by atoms with E-state index in [1.807, 2.05) is 0 Å². The number of carbonyl (C=O) groups excluding carboxylic acids is 1. The molecule has 1 N–H and O–H groups in total. The van der Waals surface area contributed by atoms with Crippen molar-refractivity contribution in [2.24, 2.45) is 0 Å². The van der Waals surface area contributed by atoms with Gasteiger partial charge in [-0.1, -0.05) is 36.4 Å². The zero-order valence-corrected chi connectivity index (χ0v) is 21.3. The number of rotatable bonds is 10. The van der Waals surface area contributed by atoms with Crippen molar-refractivity contribution in [3.8, 4) is 11.5 Å². The lowest BCUT2D eigenvalue weighted by atomic mass is 9.77. The third-order valence-electron chi connectivity index (χ3n) is 6.26. The molecule has 0 fully saturated rings. The van der Waals surface area contributed by atoms with Crippen LogP contribution in [0.2, 0.25) is 0 Å². The van der Waals surface area contributed by atoms with Crippen LogP contribution in [0.15, 0.2) is 91.0 Å². The molecule has 0 radical (unpaired) electrons. The van der Waals surface area contributed by atoms with Crippen molar-refractivity contribution in [3.05, 3.63) is 131 Å². The molecular formula is C30H22F7NO3. The number of hydrogen-bond acceptors (Lipinski definition) is 3. The van der Waals surface area contributed by atoms with Crippen LogP contribution < -0.4 is 14.8 Å². The van der Waals surface area contributed by atoms with E-state index in [-0.39, 0.29) is 28.9 Å². The molecule has 11 heteroatoms. The first-order valence-electron chi connectivity index (χ1n) is 12.1. The van der Waals surface area contributed by atoms with Gasteiger partial charge in [0.1, 0.15) is 17.4 Å². The number of hydrogen-bond donors (Lipinski definition) is 1. The molecule has 0 heterocycles. The summed E-state index contributed by atoms with van der Waals surface area (Å²) in [5.41, 5.74) is -1.40. The van der Waals surface area contributed by atoms with Gasteiger partial charge in [-0.3, -0.25) is 4.79 Å². The lowest BCUT2D eigenvalue weighted by Gasteiger charge is -2.37. The predicted molar refractivity (Wildman–Crippen MR) is 136 cm³/mol. The Bertz CT molecular complexity index is 1510. The lowest BCUT2D eigenvalue weighted by Crippen LogP contribution is -2.48. The minimum absolute atomic E-state index is 0.0185. The highest BCUT2D eigenvalue weighted by Crippen LogP contribution is 2.39. The van der Waals surface area contributed by atoms with Crippen LogP contribution in [0.1, 0.15) is 27.0 Å². The van der Waals surface area contributed by atoms with Gasteiger partial charge in [-0.05, 0) is 65.2 Å². The molecule has 0 aliphatic rings. The molecule has 1 atom stereocenters. The third-order valence-corrected chi connectivity index (χ3v) is 6.26. The highest BCUT2D eigenvalue weighted by atomic mass is 19.3. The van der Waals surface area contributed by atoms with Gasteiger partial charge in [0.15, 0.2) is 11.6 Å². The maximum Gasteiger partial charge on any atom is 0.461 e. The summed E-state index contributed by atoms with van der Waals surface area (Å²) in [6.45, 7) is 0. The van der Waals surface area contributed by atoms with Gasteiger partial charge in [-0.2, -0.15) is 17.6 Å². The van der Waals surface area contributed by atoms with Crippen molar-refractivity contribution in [1.29, 1.82) is 0 Å². The second kappa shape index (κ2) is 11.9. The molecule has 0 unspecified atom stereocenters. The topological polar surface area (TPSA) is 47.6 Å². The van der Waals surface area contributed by atoms with Crippen molar-refractivity contribution < 1.29 is 45.0 Å². The van der Waals surface area contributed by atoms with E-state index in [0.29, 0.717) is 11.6 Å². The van der Waals surface area contributed by atoms with E-state index in [1.54, 1.807) is 30.3 Å². The van der Waals surface area contributed by atoms with Crippen molar-refractivity contribution in [1.82, 2.24) is 5.32 Å². The summed E-state index contributed by atoms with van der Waals surface area (Å²) in [4.78, 5) is 13.5. The van der Waals surface area contributed by atoms with Crippen LogP contribution >= 0.6 is 0 Å². The SMILES string of the molecule is COc1cc([C@@](Cc2ccccc2)(NC(=O)c2ccc(F)cc2)c2cc(F)cc(OC(F)(F)C(F)F)c2)ccc1F. The Morgan fingerprint density at radius 1 is 0.829 bits per heavy atom. The Kier molecular flexibility index (Phi) is 8.55. The van der Waals surface area contributed by atoms with E-state index in [0.717, 1.165) is 30.3 Å². The van der Waals surface area contributed by atoms with Crippen molar-refractivity contribution in [2.45, 2.75) is 24.5 Å². The van der Waals surface area contributed by atoms with Gasteiger partial charge in [-0.25, -0.2) is 13.2 Å². The number of amides is 1. The summed E-state index contributed by atoms with van der Waals surface area (Å²) in [6, 6.07) is 18.6. The zero-order valence-electron chi connectivity index (χ0n) is 21.3. The average Bonchev–Trinajstić information content (AvgIpc) is 2.93. The Morgan fingerprint density at radius 3 is 2.15 bits per heavy atom. The summed E-state index contributed by atoms with van der Waals surface area (Å²) in [7, 11) is 1.19. The molecule has 0 aromatic heterocycles. The van der Waals surface area contributed by atoms with Gasteiger partial charge in [0.2, 0.25) is 0 Å². The highest BCUT2D eigenvalue weighted by Gasteiger charge is 2.45. The smallest absolute Gasteiger partial charge is 0.461 e. The lowest BCUT2D eigenvalue weighted by molar-refractivity contribution is -0.253. The number of halogens is 7. The quantitative estimate of drug-likeness (QED) is 0.202. The van der Waals surface area contributed by atoms with Crippen molar-refractivity contribution in [3.63, 3.8) is 0 Å². The first-order chi connectivity index (χ1) is 19.4. The van der Waals surface area contributed by atoms with Gasteiger partial charge in [0, 0.05) is 18.1 Å². The fraction of sp³-hybridized carbons (Fsp3) is 0.167. The highest BCUT2D eigenvalue weighted by molar-refractivity contribution is 5.95. The molecule has 0 saturated heterocycles. The third kappa shape index (κ3) is 6.62. The molecule has 4 aromatic carbocycles. The minimum Gasteiger partial charge on any atom is -0.494 e. The van der Waals surface area contributed by atoms with Crippen molar-refractivity contribution in [2.75, 3.05) is 7.11 Å². The number of ether oxygens (including phenoxy) is 2.